The van der Waals surface area contributed by atoms with E-state index in [0.717, 1.165) is 17.0 Å². The summed E-state index contributed by atoms with van der Waals surface area (Å²) in [4.78, 5) is 19.7. The Morgan fingerprint density at radius 3 is 2.73 bits per heavy atom. The van der Waals surface area contributed by atoms with E-state index in [1.807, 2.05) is 36.6 Å². The number of rotatable bonds is 4. The van der Waals surface area contributed by atoms with Crippen LogP contribution in [0.15, 0.2) is 24.4 Å². The monoisotopic (exact) mass is 358 g/mol. The van der Waals surface area contributed by atoms with Crippen molar-refractivity contribution in [2.75, 3.05) is 26.2 Å². The van der Waals surface area contributed by atoms with Gasteiger partial charge in [-0.15, -0.1) is 5.10 Å². The number of hydrogen-bond acceptors (Lipinski definition) is 4. The van der Waals surface area contributed by atoms with E-state index >= 15 is 0 Å². The van der Waals surface area contributed by atoms with Gasteiger partial charge in [0.25, 0.3) is 0 Å². The highest BCUT2D eigenvalue weighted by Gasteiger charge is 2.24. The van der Waals surface area contributed by atoms with Crippen molar-refractivity contribution in [1.29, 1.82) is 0 Å². The number of urea groups is 1. The molecule has 138 valence electrons. The summed E-state index contributed by atoms with van der Waals surface area (Å²) >= 11 is 0. The van der Waals surface area contributed by atoms with Crippen LogP contribution in [-0.4, -0.2) is 62.0 Å². The van der Waals surface area contributed by atoms with Crippen molar-refractivity contribution in [1.82, 2.24) is 29.8 Å². The SMILES string of the molecule is CCN(CC)C(=O)N1CC=C(c2nnn(-c3cccnc3F)c2C)CC1. The summed E-state index contributed by atoms with van der Waals surface area (Å²) in [5, 5.41) is 8.32. The molecule has 0 unspecified atom stereocenters. The van der Waals surface area contributed by atoms with Gasteiger partial charge in [0.1, 0.15) is 11.4 Å². The van der Waals surface area contributed by atoms with E-state index in [9.17, 15) is 9.18 Å². The summed E-state index contributed by atoms with van der Waals surface area (Å²) < 4.78 is 15.4. The molecular weight excluding hydrogens is 335 g/mol. The molecule has 0 bridgehead atoms. The van der Waals surface area contributed by atoms with Crippen LogP contribution in [0.25, 0.3) is 11.3 Å². The zero-order valence-electron chi connectivity index (χ0n) is 15.3. The summed E-state index contributed by atoms with van der Waals surface area (Å²) in [5.41, 5.74) is 2.80. The van der Waals surface area contributed by atoms with Gasteiger partial charge in [0.05, 0.1) is 5.69 Å². The second-order valence-electron chi connectivity index (χ2n) is 6.13. The molecule has 0 saturated carbocycles. The number of carbonyl (C=O) groups is 1. The molecule has 3 rings (SSSR count). The third-order valence-electron chi connectivity index (χ3n) is 4.68. The molecule has 0 spiro atoms. The average Bonchev–Trinajstić information content (AvgIpc) is 3.04. The van der Waals surface area contributed by atoms with Crippen molar-refractivity contribution in [3.63, 3.8) is 0 Å². The Hall–Kier alpha value is -2.77. The van der Waals surface area contributed by atoms with E-state index in [1.54, 1.807) is 12.1 Å². The van der Waals surface area contributed by atoms with Gasteiger partial charge in [-0.25, -0.2) is 14.5 Å². The van der Waals surface area contributed by atoms with Crippen LogP contribution in [0.5, 0.6) is 0 Å². The fraction of sp³-hybridized carbons (Fsp3) is 0.444. The average molecular weight is 358 g/mol. The minimum absolute atomic E-state index is 0.0584. The maximum absolute atomic E-state index is 13.9. The first kappa shape index (κ1) is 18.0. The van der Waals surface area contributed by atoms with Crippen molar-refractivity contribution in [3.05, 3.63) is 41.7 Å². The van der Waals surface area contributed by atoms with Crippen LogP contribution in [0.2, 0.25) is 0 Å². The van der Waals surface area contributed by atoms with Crippen LogP contribution in [0, 0.1) is 12.9 Å². The number of nitrogens with zero attached hydrogens (tertiary/aromatic N) is 6. The quantitative estimate of drug-likeness (QED) is 0.788. The lowest BCUT2D eigenvalue weighted by molar-refractivity contribution is 0.162. The number of pyridine rings is 1. The second-order valence-corrected chi connectivity index (χ2v) is 6.13. The van der Waals surface area contributed by atoms with Crippen molar-refractivity contribution in [3.8, 4) is 5.69 Å². The second kappa shape index (κ2) is 7.63. The molecule has 2 amide bonds. The molecule has 0 aromatic carbocycles. The molecule has 0 fully saturated rings. The van der Waals surface area contributed by atoms with Crippen LogP contribution in [0.1, 0.15) is 31.7 Å². The highest BCUT2D eigenvalue weighted by Crippen LogP contribution is 2.25. The zero-order valence-corrected chi connectivity index (χ0v) is 15.3. The predicted octanol–water partition coefficient (Wildman–Crippen LogP) is 2.66. The largest absolute Gasteiger partial charge is 0.325 e. The number of amides is 2. The molecule has 7 nitrogen and oxygen atoms in total. The normalized spacial score (nSPS) is 14.3. The first-order valence-corrected chi connectivity index (χ1v) is 8.83. The van der Waals surface area contributed by atoms with Crippen LogP contribution >= 0.6 is 0 Å². The smallest absolute Gasteiger partial charge is 0.320 e. The number of carbonyl (C=O) groups excluding carboxylic acids is 1. The van der Waals surface area contributed by atoms with Gasteiger partial charge in [0.2, 0.25) is 5.95 Å². The Morgan fingerprint density at radius 1 is 1.35 bits per heavy atom. The fourth-order valence-electron chi connectivity index (χ4n) is 3.14. The first-order valence-electron chi connectivity index (χ1n) is 8.83. The topological polar surface area (TPSA) is 67.2 Å². The number of aromatic nitrogens is 4. The molecule has 0 atom stereocenters. The summed E-state index contributed by atoms with van der Waals surface area (Å²) in [6.07, 6.45) is 4.10. The van der Waals surface area contributed by atoms with Crippen LogP contribution < -0.4 is 0 Å². The van der Waals surface area contributed by atoms with Crippen LogP contribution in [-0.2, 0) is 0 Å². The lowest BCUT2D eigenvalue weighted by Crippen LogP contribution is -2.44. The lowest BCUT2D eigenvalue weighted by atomic mass is 10.0. The van der Waals surface area contributed by atoms with Gasteiger partial charge in [-0.3, -0.25) is 0 Å². The Kier molecular flexibility index (Phi) is 5.29. The maximum atomic E-state index is 13.9. The highest BCUT2D eigenvalue weighted by molar-refractivity contribution is 5.76. The minimum Gasteiger partial charge on any atom is -0.325 e. The molecule has 2 aromatic heterocycles. The Morgan fingerprint density at radius 2 is 2.12 bits per heavy atom. The summed E-state index contributed by atoms with van der Waals surface area (Å²) in [6, 6.07) is 3.34. The van der Waals surface area contributed by atoms with E-state index in [4.69, 9.17) is 0 Å². The molecule has 3 heterocycles. The third-order valence-corrected chi connectivity index (χ3v) is 4.68. The standard InChI is InChI=1S/C18H23FN6O/c1-4-23(5-2)18(26)24-11-8-14(9-12-24)16-13(3)25(22-21-16)15-7-6-10-20-17(15)19/h6-8,10H,4-5,9,11-12H2,1-3H3. The van der Waals surface area contributed by atoms with Crippen molar-refractivity contribution < 1.29 is 9.18 Å². The summed E-state index contributed by atoms with van der Waals surface area (Å²) in [7, 11) is 0. The Bertz CT molecular complexity index is 827. The maximum Gasteiger partial charge on any atom is 0.320 e. The van der Waals surface area contributed by atoms with Crippen molar-refractivity contribution in [2.45, 2.75) is 27.2 Å². The summed E-state index contributed by atoms with van der Waals surface area (Å²) in [6.45, 7) is 8.39. The van der Waals surface area contributed by atoms with E-state index in [-0.39, 0.29) is 11.7 Å². The van der Waals surface area contributed by atoms with Gasteiger partial charge in [-0.1, -0.05) is 11.3 Å². The first-order chi connectivity index (χ1) is 12.6. The molecule has 0 radical (unpaired) electrons. The molecule has 8 heteroatoms. The fourth-order valence-corrected chi connectivity index (χ4v) is 3.14. The van der Waals surface area contributed by atoms with Gasteiger partial charge in [-0.05, 0) is 44.9 Å². The van der Waals surface area contributed by atoms with Crippen molar-refractivity contribution >= 4 is 11.6 Å². The molecule has 0 N–H and O–H groups in total. The zero-order chi connectivity index (χ0) is 18.7. The lowest BCUT2D eigenvalue weighted by Gasteiger charge is -2.31. The van der Waals surface area contributed by atoms with Crippen molar-refractivity contribution in [2.24, 2.45) is 0 Å². The van der Waals surface area contributed by atoms with Crippen LogP contribution in [0.3, 0.4) is 0 Å². The van der Waals surface area contributed by atoms with E-state index in [0.29, 0.717) is 32.6 Å². The molecule has 1 aliphatic heterocycles. The van der Waals surface area contributed by atoms with E-state index < -0.39 is 5.95 Å². The van der Waals surface area contributed by atoms with Gasteiger partial charge in [0.15, 0.2) is 0 Å². The summed E-state index contributed by atoms with van der Waals surface area (Å²) in [5.74, 6) is -0.583. The predicted molar refractivity (Wildman–Crippen MR) is 96.3 cm³/mol. The highest BCUT2D eigenvalue weighted by atomic mass is 19.1. The molecule has 0 aliphatic carbocycles. The molecule has 26 heavy (non-hydrogen) atoms. The number of hydrogen-bond donors (Lipinski definition) is 0. The van der Waals surface area contributed by atoms with Gasteiger partial charge >= 0.3 is 6.03 Å². The van der Waals surface area contributed by atoms with E-state index in [2.05, 4.69) is 15.3 Å². The van der Waals surface area contributed by atoms with Gasteiger partial charge in [0, 0.05) is 32.4 Å². The third kappa shape index (κ3) is 3.31. The molecular formula is C18H23FN6O. The van der Waals surface area contributed by atoms with Crippen LogP contribution in [0.4, 0.5) is 9.18 Å². The minimum atomic E-state index is -0.583. The number of halogens is 1. The Balaban J connectivity index is 1.80. The molecule has 2 aromatic rings. The van der Waals surface area contributed by atoms with Gasteiger partial charge in [-0.2, -0.15) is 4.39 Å². The molecule has 1 aliphatic rings. The van der Waals surface area contributed by atoms with E-state index in [1.165, 1.54) is 10.9 Å². The van der Waals surface area contributed by atoms with Gasteiger partial charge < -0.3 is 9.80 Å². The Labute approximate surface area is 152 Å². The molecule has 0 saturated heterocycles.